The first-order chi connectivity index (χ1) is 8.56. The van der Waals surface area contributed by atoms with Crippen LogP contribution in [-0.2, 0) is 0 Å². The van der Waals surface area contributed by atoms with Gasteiger partial charge in [-0.25, -0.2) is 0 Å². The highest BCUT2D eigenvalue weighted by Crippen LogP contribution is 2.34. The van der Waals surface area contributed by atoms with E-state index in [0.717, 1.165) is 15.5 Å². The van der Waals surface area contributed by atoms with Gasteiger partial charge in [-0.1, -0.05) is 35.0 Å². The molecule has 94 valence electrons. The van der Waals surface area contributed by atoms with Crippen LogP contribution in [0.15, 0.2) is 46.3 Å². The van der Waals surface area contributed by atoms with E-state index >= 15 is 0 Å². The molecule has 1 atom stereocenters. The van der Waals surface area contributed by atoms with E-state index in [1.54, 1.807) is 18.3 Å². The Hall–Kier alpha value is -0.740. The molecule has 0 saturated heterocycles. The van der Waals surface area contributed by atoms with Crippen LogP contribution in [0.25, 0.3) is 0 Å². The lowest BCUT2D eigenvalue weighted by atomic mass is 10.2. The van der Waals surface area contributed by atoms with Gasteiger partial charge in [0.25, 0.3) is 0 Å². The van der Waals surface area contributed by atoms with E-state index in [-0.39, 0.29) is 6.04 Å². The van der Waals surface area contributed by atoms with E-state index in [0.29, 0.717) is 10.0 Å². The van der Waals surface area contributed by atoms with Crippen LogP contribution in [0.5, 0.6) is 0 Å². The maximum Gasteiger partial charge on any atom is 0.0569 e. The molecule has 0 spiro atoms. The third-order valence-electron chi connectivity index (χ3n) is 2.35. The molecule has 0 saturated carbocycles. The van der Waals surface area contributed by atoms with Gasteiger partial charge in [0.05, 0.1) is 10.7 Å². The fraction of sp³-hybridized carbons (Fsp3) is 0.154. The van der Waals surface area contributed by atoms with Crippen LogP contribution in [0.3, 0.4) is 0 Å². The number of nitrogens with zero attached hydrogens (tertiary/aromatic N) is 1. The summed E-state index contributed by atoms with van der Waals surface area (Å²) in [5.74, 6) is 0. The Kier molecular flexibility index (Phi) is 4.51. The van der Waals surface area contributed by atoms with Crippen molar-refractivity contribution in [3.63, 3.8) is 0 Å². The number of hydrogen-bond donors (Lipinski definition) is 1. The lowest BCUT2D eigenvalue weighted by Gasteiger charge is -2.07. The van der Waals surface area contributed by atoms with E-state index in [1.807, 2.05) is 25.1 Å². The molecule has 0 fully saturated rings. The maximum atomic E-state index is 6.11. The number of aromatic nitrogens is 1. The Morgan fingerprint density at radius 2 is 2.00 bits per heavy atom. The van der Waals surface area contributed by atoms with E-state index in [2.05, 4.69) is 4.98 Å². The minimum absolute atomic E-state index is 0.0567. The van der Waals surface area contributed by atoms with Gasteiger partial charge in [0, 0.05) is 27.1 Å². The highest BCUT2D eigenvalue weighted by molar-refractivity contribution is 7.99. The summed E-state index contributed by atoms with van der Waals surface area (Å²) >= 11 is 13.6. The van der Waals surface area contributed by atoms with Crippen LogP contribution in [0.4, 0.5) is 0 Å². The molecular weight excluding hydrogens is 287 g/mol. The van der Waals surface area contributed by atoms with Crippen molar-refractivity contribution in [1.29, 1.82) is 0 Å². The second-order valence-electron chi connectivity index (χ2n) is 3.88. The molecule has 0 amide bonds. The number of hydrogen-bond acceptors (Lipinski definition) is 3. The van der Waals surface area contributed by atoms with Crippen molar-refractivity contribution in [2.45, 2.75) is 22.8 Å². The molecule has 0 bridgehead atoms. The average Bonchev–Trinajstić information content (AvgIpc) is 2.34. The van der Waals surface area contributed by atoms with E-state index in [9.17, 15) is 0 Å². The highest BCUT2D eigenvalue weighted by Gasteiger charge is 2.05. The summed E-state index contributed by atoms with van der Waals surface area (Å²) in [6, 6.07) is 9.24. The lowest BCUT2D eigenvalue weighted by Crippen LogP contribution is -2.06. The Labute approximate surface area is 121 Å². The first kappa shape index (κ1) is 13.7. The standard InChI is InChI=1S/C13H12Cl2N2S/c1-8(16)12-5-3-10(7-17-12)18-13-6-9(14)2-4-11(13)15/h2-8H,16H2,1H3. The molecule has 2 rings (SSSR count). The third kappa shape index (κ3) is 3.39. The lowest BCUT2D eigenvalue weighted by molar-refractivity contribution is 0.777. The van der Waals surface area contributed by atoms with Gasteiger partial charge < -0.3 is 5.73 Å². The topological polar surface area (TPSA) is 38.9 Å². The van der Waals surface area contributed by atoms with Crippen molar-refractivity contribution < 1.29 is 0 Å². The second-order valence-corrected chi connectivity index (χ2v) is 5.84. The molecule has 1 aromatic heterocycles. The molecule has 1 unspecified atom stereocenters. The molecular formula is C13H12Cl2N2S. The van der Waals surface area contributed by atoms with E-state index in [1.165, 1.54) is 11.8 Å². The van der Waals surface area contributed by atoms with Gasteiger partial charge in [-0.2, -0.15) is 0 Å². The summed E-state index contributed by atoms with van der Waals surface area (Å²) in [7, 11) is 0. The quantitative estimate of drug-likeness (QED) is 0.903. The Morgan fingerprint density at radius 3 is 2.61 bits per heavy atom. The fourth-order valence-corrected chi connectivity index (χ4v) is 2.72. The zero-order valence-corrected chi connectivity index (χ0v) is 12.1. The smallest absolute Gasteiger partial charge is 0.0569 e. The summed E-state index contributed by atoms with van der Waals surface area (Å²) in [5.41, 5.74) is 6.62. The molecule has 2 N–H and O–H groups in total. The number of nitrogens with two attached hydrogens (primary N) is 1. The van der Waals surface area contributed by atoms with Crippen molar-refractivity contribution >= 4 is 35.0 Å². The Morgan fingerprint density at radius 1 is 1.22 bits per heavy atom. The van der Waals surface area contributed by atoms with Gasteiger partial charge in [0.2, 0.25) is 0 Å². The number of pyridine rings is 1. The second kappa shape index (κ2) is 5.93. The molecule has 18 heavy (non-hydrogen) atoms. The monoisotopic (exact) mass is 298 g/mol. The van der Waals surface area contributed by atoms with Crippen LogP contribution in [0.1, 0.15) is 18.7 Å². The summed E-state index contributed by atoms with van der Waals surface area (Å²) in [4.78, 5) is 6.22. The molecule has 5 heteroatoms. The summed E-state index contributed by atoms with van der Waals surface area (Å²) in [6.07, 6.45) is 1.79. The number of halogens is 2. The number of rotatable bonds is 3. The molecule has 0 aliphatic carbocycles. The van der Waals surface area contributed by atoms with Crippen molar-refractivity contribution in [1.82, 2.24) is 4.98 Å². The van der Waals surface area contributed by atoms with Gasteiger partial charge in [-0.05, 0) is 37.3 Å². The molecule has 1 aromatic carbocycles. The highest BCUT2D eigenvalue weighted by atomic mass is 35.5. The minimum Gasteiger partial charge on any atom is -0.323 e. The predicted molar refractivity (Wildman–Crippen MR) is 77.4 cm³/mol. The van der Waals surface area contributed by atoms with Crippen molar-refractivity contribution in [2.24, 2.45) is 5.73 Å². The zero-order valence-electron chi connectivity index (χ0n) is 9.73. The minimum atomic E-state index is -0.0567. The SMILES string of the molecule is CC(N)c1ccc(Sc2cc(Cl)ccc2Cl)cn1. The first-order valence-electron chi connectivity index (χ1n) is 5.40. The molecule has 1 heterocycles. The van der Waals surface area contributed by atoms with Gasteiger partial charge in [-0.3, -0.25) is 4.98 Å². The van der Waals surface area contributed by atoms with Crippen molar-refractivity contribution in [2.75, 3.05) is 0 Å². The van der Waals surface area contributed by atoms with Crippen LogP contribution in [0.2, 0.25) is 10.0 Å². The van der Waals surface area contributed by atoms with E-state index < -0.39 is 0 Å². The van der Waals surface area contributed by atoms with Crippen LogP contribution in [-0.4, -0.2) is 4.98 Å². The van der Waals surface area contributed by atoms with Crippen molar-refractivity contribution in [3.05, 3.63) is 52.3 Å². The van der Waals surface area contributed by atoms with Gasteiger partial charge >= 0.3 is 0 Å². The fourth-order valence-electron chi connectivity index (χ4n) is 1.40. The van der Waals surface area contributed by atoms with Gasteiger partial charge in [0.15, 0.2) is 0 Å². The molecule has 2 aromatic rings. The Balaban J connectivity index is 2.21. The third-order valence-corrected chi connectivity index (χ3v) is 4.06. The number of benzene rings is 1. The van der Waals surface area contributed by atoms with Crippen LogP contribution in [0, 0.1) is 0 Å². The largest absolute Gasteiger partial charge is 0.323 e. The summed E-state index contributed by atoms with van der Waals surface area (Å²) < 4.78 is 0. The molecule has 0 aliphatic rings. The molecule has 0 aliphatic heterocycles. The van der Waals surface area contributed by atoms with Crippen LogP contribution < -0.4 is 5.73 Å². The van der Waals surface area contributed by atoms with Crippen LogP contribution >= 0.6 is 35.0 Å². The van der Waals surface area contributed by atoms with Gasteiger partial charge in [-0.15, -0.1) is 0 Å². The summed E-state index contributed by atoms with van der Waals surface area (Å²) in [5, 5.41) is 1.35. The van der Waals surface area contributed by atoms with Gasteiger partial charge in [0.1, 0.15) is 0 Å². The molecule has 2 nitrogen and oxygen atoms in total. The average molecular weight is 299 g/mol. The van der Waals surface area contributed by atoms with Crippen molar-refractivity contribution in [3.8, 4) is 0 Å². The van der Waals surface area contributed by atoms with E-state index in [4.69, 9.17) is 28.9 Å². The summed E-state index contributed by atoms with van der Waals surface area (Å²) in [6.45, 7) is 1.91. The zero-order chi connectivity index (χ0) is 13.1. The predicted octanol–water partition coefficient (Wildman–Crippen LogP) is 4.56. The molecule has 0 radical (unpaired) electrons. The maximum absolute atomic E-state index is 6.11. The first-order valence-corrected chi connectivity index (χ1v) is 6.98. The Bertz CT molecular complexity index is 541. The normalized spacial score (nSPS) is 12.4.